The number of nitrogen functional groups attached to an aromatic ring is 1. The number of nitrogens with zero attached hydrogens (tertiary/aromatic N) is 4. The summed E-state index contributed by atoms with van der Waals surface area (Å²) >= 11 is 0. The Morgan fingerprint density at radius 2 is 2.57 bits per heavy atom. The SMILES string of the molecule is Nn1cnnc1N/N=C\c1ccco1. The van der Waals surface area contributed by atoms with Crippen molar-refractivity contribution in [2.45, 2.75) is 0 Å². The molecule has 0 radical (unpaired) electrons. The fourth-order valence-electron chi connectivity index (χ4n) is 0.841. The Bertz CT molecular complexity index is 417. The highest BCUT2D eigenvalue weighted by Crippen LogP contribution is 1.97. The van der Waals surface area contributed by atoms with Crippen LogP contribution in [0.4, 0.5) is 5.95 Å². The maximum atomic E-state index is 5.43. The maximum absolute atomic E-state index is 5.43. The van der Waals surface area contributed by atoms with Gasteiger partial charge in [0.1, 0.15) is 12.1 Å². The zero-order chi connectivity index (χ0) is 9.80. The highest BCUT2D eigenvalue weighted by molar-refractivity contribution is 5.76. The second-order valence-electron chi connectivity index (χ2n) is 2.45. The minimum atomic E-state index is 0.354. The van der Waals surface area contributed by atoms with Gasteiger partial charge in [-0.3, -0.25) is 0 Å². The van der Waals surface area contributed by atoms with E-state index in [1.165, 1.54) is 17.2 Å². The average Bonchev–Trinajstić information content (AvgIpc) is 2.78. The summed E-state index contributed by atoms with van der Waals surface area (Å²) in [7, 11) is 0. The molecule has 0 amide bonds. The van der Waals surface area contributed by atoms with Crippen molar-refractivity contribution >= 4 is 12.2 Å². The van der Waals surface area contributed by atoms with Crippen LogP contribution in [0, 0.1) is 0 Å². The van der Waals surface area contributed by atoms with Crippen molar-refractivity contribution < 1.29 is 4.42 Å². The van der Waals surface area contributed by atoms with Crippen LogP contribution in [-0.4, -0.2) is 21.1 Å². The molecule has 0 aliphatic carbocycles. The maximum Gasteiger partial charge on any atom is 0.263 e. The van der Waals surface area contributed by atoms with Crippen LogP contribution in [0.2, 0.25) is 0 Å². The molecule has 0 aliphatic rings. The van der Waals surface area contributed by atoms with Crippen LogP contribution in [0.15, 0.2) is 34.2 Å². The third-order valence-corrected chi connectivity index (χ3v) is 1.47. The van der Waals surface area contributed by atoms with Crippen molar-refractivity contribution in [3.8, 4) is 0 Å². The summed E-state index contributed by atoms with van der Waals surface area (Å²) in [5, 5.41) is 11.1. The Morgan fingerprint density at radius 1 is 1.64 bits per heavy atom. The number of nitrogens with two attached hydrogens (primary N) is 1. The second-order valence-corrected chi connectivity index (χ2v) is 2.45. The molecule has 7 nitrogen and oxygen atoms in total. The van der Waals surface area contributed by atoms with E-state index in [9.17, 15) is 0 Å². The van der Waals surface area contributed by atoms with Crippen LogP contribution in [0.3, 0.4) is 0 Å². The van der Waals surface area contributed by atoms with E-state index in [2.05, 4.69) is 20.7 Å². The Labute approximate surface area is 79.2 Å². The fourth-order valence-corrected chi connectivity index (χ4v) is 0.841. The van der Waals surface area contributed by atoms with Crippen LogP contribution >= 0.6 is 0 Å². The summed E-state index contributed by atoms with van der Waals surface area (Å²) in [4.78, 5) is 0. The number of rotatable bonds is 3. The second kappa shape index (κ2) is 3.60. The van der Waals surface area contributed by atoms with Crippen molar-refractivity contribution in [1.82, 2.24) is 14.9 Å². The Morgan fingerprint density at radius 3 is 3.21 bits per heavy atom. The summed E-state index contributed by atoms with van der Waals surface area (Å²) in [5.74, 6) is 6.43. The van der Waals surface area contributed by atoms with E-state index in [0.717, 1.165) is 0 Å². The van der Waals surface area contributed by atoms with E-state index in [1.807, 2.05) is 0 Å². The van der Waals surface area contributed by atoms with Crippen molar-refractivity contribution in [1.29, 1.82) is 0 Å². The number of hydrogen-bond acceptors (Lipinski definition) is 6. The molecule has 14 heavy (non-hydrogen) atoms. The van der Waals surface area contributed by atoms with E-state index in [-0.39, 0.29) is 0 Å². The molecule has 3 N–H and O–H groups in total. The zero-order valence-corrected chi connectivity index (χ0v) is 7.16. The molecule has 0 fully saturated rings. The lowest BCUT2D eigenvalue weighted by Gasteiger charge is -1.95. The number of nitrogens with one attached hydrogen (secondary N) is 1. The largest absolute Gasteiger partial charge is 0.463 e. The summed E-state index contributed by atoms with van der Waals surface area (Å²) in [6.07, 6.45) is 4.44. The summed E-state index contributed by atoms with van der Waals surface area (Å²) in [5.41, 5.74) is 2.60. The predicted octanol–water partition coefficient (Wildman–Crippen LogP) is 0.0309. The average molecular weight is 192 g/mol. The van der Waals surface area contributed by atoms with Crippen molar-refractivity contribution in [3.05, 3.63) is 30.5 Å². The van der Waals surface area contributed by atoms with Gasteiger partial charge in [0.2, 0.25) is 0 Å². The molecule has 2 aromatic heterocycles. The van der Waals surface area contributed by atoms with Gasteiger partial charge in [-0.05, 0) is 12.1 Å². The number of hydrogen-bond donors (Lipinski definition) is 2. The van der Waals surface area contributed by atoms with Gasteiger partial charge in [-0.1, -0.05) is 0 Å². The van der Waals surface area contributed by atoms with Crippen LogP contribution in [0.1, 0.15) is 5.76 Å². The molecule has 2 heterocycles. The first-order chi connectivity index (χ1) is 6.86. The Kier molecular flexibility index (Phi) is 2.14. The molecule has 2 aromatic rings. The molecular weight excluding hydrogens is 184 g/mol. The predicted molar refractivity (Wildman–Crippen MR) is 50.1 cm³/mol. The summed E-state index contributed by atoms with van der Waals surface area (Å²) in [6.45, 7) is 0. The highest BCUT2D eigenvalue weighted by atomic mass is 16.3. The molecule has 0 unspecified atom stereocenters. The topological polar surface area (TPSA) is 94.3 Å². The van der Waals surface area contributed by atoms with E-state index in [0.29, 0.717) is 11.7 Å². The fraction of sp³-hybridized carbons (Fsp3) is 0. The molecule has 0 bridgehead atoms. The molecule has 0 spiro atoms. The van der Waals surface area contributed by atoms with E-state index in [4.69, 9.17) is 10.3 Å². The monoisotopic (exact) mass is 192 g/mol. The van der Waals surface area contributed by atoms with Crippen molar-refractivity contribution in [2.75, 3.05) is 11.3 Å². The minimum Gasteiger partial charge on any atom is -0.463 e. The number of furan rings is 1. The third-order valence-electron chi connectivity index (χ3n) is 1.47. The van der Waals surface area contributed by atoms with Crippen molar-refractivity contribution in [2.24, 2.45) is 5.10 Å². The van der Waals surface area contributed by atoms with Gasteiger partial charge in [-0.25, -0.2) is 10.1 Å². The van der Waals surface area contributed by atoms with Gasteiger partial charge < -0.3 is 10.3 Å². The number of aromatic nitrogens is 3. The quantitative estimate of drug-likeness (QED) is 0.406. The summed E-state index contributed by atoms with van der Waals surface area (Å²) < 4.78 is 6.24. The van der Waals surface area contributed by atoms with Crippen LogP contribution in [0.5, 0.6) is 0 Å². The Hall–Kier alpha value is -2.31. The first kappa shape index (κ1) is 8.30. The number of hydrazone groups is 1. The van der Waals surface area contributed by atoms with Crippen LogP contribution < -0.4 is 11.3 Å². The molecule has 7 heteroatoms. The molecule has 0 saturated heterocycles. The van der Waals surface area contributed by atoms with E-state index in [1.54, 1.807) is 18.4 Å². The molecule has 2 rings (SSSR count). The lowest BCUT2D eigenvalue weighted by molar-refractivity contribution is 0.560. The van der Waals surface area contributed by atoms with Crippen LogP contribution in [-0.2, 0) is 0 Å². The van der Waals surface area contributed by atoms with Gasteiger partial charge in [-0.15, -0.1) is 10.2 Å². The number of anilines is 1. The zero-order valence-electron chi connectivity index (χ0n) is 7.16. The van der Waals surface area contributed by atoms with Crippen molar-refractivity contribution in [3.63, 3.8) is 0 Å². The minimum absolute atomic E-state index is 0.354. The lowest BCUT2D eigenvalue weighted by atomic mass is 10.5. The molecular formula is C7H8N6O. The summed E-state index contributed by atoms with van der Waals surface area (Å²) in [6, 6.07) is 3.55. The lowest BCUT2D eigenvalue weighted by Crippen LogP contribution is -2.10. The smallest absolute Gasteiger partial charge is 0.263 e. The van der Waals surface area contributed by atoms with Gasteiger partial charge in [0.15, 0.2) is 0 Å². The van der Waals surface area contributed by atoms with Gasteiger partial charge in [0, 0.05) is 0 Å². The molecule has 0 atom stereocenters. The van der Waals surface area contributed by atoms with Gasteiger partial charge >= 0.3 is 0 Å². The van der Waals surface area contributed by atoms with E-state index < -0.39 is 0 Å². The molecule has 0 aliphatic heterocycles. The normalized spacial score (nSPS) is 10.9. The molecule has 72 valence electrons. The standard InChI is InChI=1S/C7H8N6O/c8-13-5-10-12-7(13)11-9-4-6-2-1-3-14-6/h1-5H,8H2,(H,11,12)/b9-4-. The van der Waals surface area contributed by atoms with Gasteiger partial charge in [0.05, 0.1) is 12.5 Å². The third kappa shape index (κ3) is 1.71. The van der Waals surface area contributed by atoms with Gasteiger partial charge in [0.25, 0.3) is 5.95 Å². The van der Waals surface area contributed by atoms with Gasteiger partial charge in [-0.2, -0.15) is 5.10 Å². The van der Waals surface area contributed by atoms with E-state index >= 15 is 0 Å². The van der Waals surface area contributed by atoms with Crippen LogP contribution in [0.25, 0.3) is 0 Å². The molecule has 0 saturated carbocycles. The highest BCUT2D eigenvalue weighted by Gasteiger charge is 1.96. The first-order valence-corrected chi connectivity index (χ1v) is 3.84. The first-order valence-electron chi connectivity index (χ1n) is 3.84. The molecule has 0 aromatic carbocycles. The Balaban J connectivity index is 1.98.